The summed E-state index contributed by atoms with van der Waals surface area (Å²) in [5.41, 5.74) is 3.18. The van der Waals surface area contributed by atoms with Gasteiger partial charge in [0, 0.05) is 17.7 Å². The quantitative estimate of drug-likeness (QED) is 0.246. The highest BCUT2D eigenvalue weighted by Gasteiger charge is 2.22. The maximum Gasteiger partial charge on any atom is 0.315 e. The van der Waals surface area contributed by atoms with Crippen LogP contribution in [0, 0.1) is 10.1 Å². The first kappa shape index (κ1) is 22.9. The minimum Gasteiger partial charge on any atom is -0.493 e. The van der Waals surface area contributed by atoms with Crippen molar-refractivity contribution in [3.63, 3.8) is 0 Å². The molecular weight excluding hydrogens is 390 g/mol. The molecule has 1 aromatic heterocycles. The third-order valence-corrected chi connectivity index (χ3v) is 4.21. The molecule has 1 aromatic carbocycles. The molecule has 2 N–H and O–H groups in total. The molecule has 30 heavy (non-hydrogen) atoms. The Morgan fingerprint density at radius 2 is 2.10 bits per heavy atom. The molecule has 0 aliphatic carbocycles. The molecule has 0 amide bonds. The van der Waals surface area contributed by atoms with E-state index in [1.54, 1.807) is 6.07 Å². The van der Waals surface area contributed by atoms with E-state index in [2.05, 4.69) is 27.4 Å². The maximum absolute atomic E-state index is 11.7. The molecule has 0 saturated carbocycles. The molecule has 10 heteroatoms. The van der Waals surface area contributed by atoms with Gasteiger partial charge in [0.1, 0.15) is 0 Å². The predicted octanol–water partition coefficient (Wildman–Crippen LogP) is 3.83. The zero-order valence-corrected chi connectivity index (χ0v) is 17.6. The van der Waals surface area contributed by atoms with Crippen molar-refractivity contribution in [2.75, 3.05) is 19.1 Å². The van der Waals surface area contributed by atoms with Crippen LogP contribution >= 0.6 is 0 Å². The number of ether oxygens (including phenoxy) is 2. The van der Waals surface area contributed by atoms with Gasteiger partial charge in [-0.05, 0) is 18.4 Å². The van der Waals surface area contributed by atoms with Crippen molar-refractivity contribution in [3.8, 4) is 11.5 Å². The Morgan fingerprint density at radius 3 is 2.73 bits per heavy atom. The van der Waals surface area contributed by atoms with E-state index in [9.17, 15) is 14.9 Å². The van der Waals surface area contributed by atoms with Gasteiger partial charge in [0.15, 0.2) is 5.75 Å². The lowest BCUT2D eigenvalue weighted by molar-refractivity contribution is -0.386. The van der Waals surface area contributed by atoms with E-state index in [-0.39, 0.29) is 34.6 Å². The zero-order valence-electron chi connectivity index (χ0n) is 17.6. The number of methoxy groups -OCH3 is 1. The first-order valence-electron chi connectivity index (χ1n) is 9.75. The number of aromatic nitrogens is 2. The SMILES string of the molecule is CCCCCOc1c(OC)cc(/C=N\Nc2nc(C(C)C)cc(=O)[nH]2)cc1[N+](=O)[O-]. The fourth-order valence-corrected chi connectivity index (χ4v) is 2.63. The minimum atomic E-state index is -0.520. The second kappa shape index (κ2) is 10.9. The van der Waals surface area contributed by atoms with E-state index in [1.165, 1.54) is 25.5 Å². The van der Waals surface area contributed by atoms with E-state index in [0.717, 1.165) is 19.3 Å². The van der Waals surface area contributed by atoms with Gasteiger partial charge in [0.05, 0.1) is 30.5 Å². The summed E-state index contributed by atoms with van der Waals surface area (Å²) in [6, 6.07) is 4.37. The van der Waals surface area contributed by atoms with Crippen molar-refractivity contribution in [3.05, 3.63) is 49.9 Å². The first-order chi connectivity index (χ1) is 14.3. The van der Waals surface area contributed by atoms with E-state index in [0.29, 0.717) is 17.9 Å². The van der Waals surface area contributed by atoms with E-state index in [4.69, 9.17) is 9.47 Å². The molecular formula is C20H27N5O5. The molecule has 10 nitrogen and oxygen atoms in total. The number of nitro groups is 1. The number of nitro benzene ring substituents is 1. The predicted molar refractivity (Wildman–Crippen MR) is 115 cm³/mol. The molecule has 0 unspecified atom stereocenters. The van der Waals surface area contributed by atoms with Crippen LogP contribution in [-0.2, 0) is 0 Å². The second-order valence-electron chi connectivity index (χ2n) is 6.93. The Bertz CT molecular complexity index is 955. The van der Waals surface area contributed by atoms with Crippen LogP contribution in [0.1, 0.15) is 57.2 Å². The summed E-state index contributed by atoms with van der Waals surface area (Å²) in [4.78, 5) is 29.5. The average Bonchev–Trinajstić information content (AvgIpc) is 2.70. The van der Waals surface area contributed by atoms with Gasteiger partial charge in [-0.1, -0.05) is 33.6 Å². The van der Waals surface area contributed by atoms with Crippen molar-refractivity contribution in [2.24, 2.45) is 5.10 Å². The number of nitrogens with zero attached hydrogens (tertiary/aromatic N) is 3. The third-order valence-electron chi connectivity index (χ3n) is 4.21. The fourth-order valence-electron chi connectivity index (χ4n) is 2.63. The summed E-state index contributed by atoms with van der Waals surface area (Å²) in [7, 11) is 1.42. The number of benzene rings is 1. The van der Waals surface area contributed by atoms with Crippen LogP contribution in [0.2, 0.25) is 0 Å². The number of hydrogen-bond donors (Lipinski definition) is 2. The van der Waals surface area contributed by atoms with Gasteiger partial charge in [-0.3, -0.25) is 19.9 Å². The average molecular weight is 417 g/mol. The topological polar surface area (TPSA) is 132 Å². The molecule has 0 fully saturated rings. The number of H-pyrrole nitrogens is 1. The van der Waals surface area contributed by atoms with Gasteiger partial charge >= 0.3 is 5.69 Å². The smallest absolute Gasteiger partial charge is 0.315 e. The molecule has 162 valence electrons. The second-order valence-corrected chi connectivity index (χ2v) is 6.93. The lowest BCUT2D eigenvalue weighted by Gasteiger charge is -2.11. The van der Waals surface area contributed by atoms with Crippen LogP contribution in [-0.4, -0.2) is 34.8 Å². The summed E-state index contributed by atoms with van der Waals surface area (Å²) in [6.07, 6.45) is 4.16. The van der Waals surface area contributed by atoms with Gasteiger partial charge in [0.2, 0.25) is 11.7 Å². The number of unbranched alkanes of at least 4 members (excludes halogenated alkanes) is 2. The minimum absolute atomic E-state index is 0.0774. The molecule has 1 heterocycles. The molecule has 0 aliphatic rings. The summed E-state index contributed by atoms with van der Waals surface area (Å²) in [6.45, 7) is 6.28. The Morgan fingerprint density at radius 1 is 1.33 bits per heavy atom. The Labute approximate surface area is 174 Å². The highest BCUT2D eigenvalue weighted by molar-refractivity contribution is 5.83. The molecule has 0 aliphatic heterocycles. The lowest BCUT2D eigenvalue weighted by Crippen LogP contribution is -2.12. The monoisotopic (exact) mass is 417 g/mol. The van der Waals surface area contributed by atoms with Crippen molar-refractivity contribution in [1.29, 1.82) is 0 Å². The standard InChI is InChI=1S/C20H27N5O5/c1-5-6-7-8-30-19-16(25(27)28)9-14(10-17(19)29-4)12-21-24-20-22-15(13(2)3)11-18(26)23-20/h9-13H,5-8H2,1-4H3,(H2,22,23,24,26)/b21-12-. The molecule has 2 rings (SSSR count). The van der Waals surface area contributed by atoms with Crippen LogP contribution in [0.15, 0.2) is 28.1 Å². The van der Waals surface area contributed by atoms with Crippen LogP contribution in [0.25, 0.3) is 0 Å². The van der Waals surface area contributed by atoms with Gasteiger partial charge in [0.25, 0.3) is 5.56 Å². The molecule has 0 atom stereocenters. The van der Waals surface area contributed by atoms with E-state index >= 15 is 0 Å². The normalized spacial score (nSPS) is 11.1. The third kappa shape index (κ3) is 6.29. The highest BCUT2D eigenvalue weighted by Crippen LogP contribution is 2.38. The van der Waals surface area contributed by atoms with Gasteiger partial charge in [-0.25, -0.2) is 10.4 Å². The zero-order chi connectivity index (χ0) is 22.1. The molecule has 0 spiro atoms. The molecule has 0 bridgehead atoms. The summed E-state index contributed by atoms with van der Waals surface area (Å²) < 4.78 is 10.9. The van der Waals surface area contributed by atoms with Crippen LogP contribution in [0.4, 0.5) is 11.6 Å². The number of hydrogen-bond acceptors (Lipinski definition) is 8. The van der Waals surface area contributed by atoms with Gasteiger partial charge in [-0.2, -0.15) is 5.10 Å². The Hall–Kier alpha value is -3.43. The summed E-state index contributed by atoms with van der Waals surface area (Å²) in [5, 5.41) is 15.5. The van der Waals surface area contributed by atoms with Crippen molar-refractivity contribution < 1.29 is 14.4 Å². The van der Waals surface area contributed by atoms with Gasteiger partial charge < -0.3 is 9.47 Å². The molecule has 2 aromatic rings. The van der Waals surface area contributed by atoms with Crippen LogP contribution in [0.5, 0.6) is 11.5 Å². The van der Waals surface area contributed by atoms with Gasteiger partial charge in [-0.15, -0.1) is 0 Å². The number of anilines is 1. The van der Waals surface area contributed by atoms with Crippen LogP contribution < -0.4 is 20.5 Å². The lowest BCUT2D eigenvalue weighted by atomic mass is 10.1. The fraction of sp³-hybridized carbons (Fsp3) is 0.450. The van der Waals surface area contributed by atoms with E-state index in [1.807, 2.05) is 13.8 Å². The van der Waals surface area contributed by atoms with Crippen molar-refractivity contribution in [1.82, 2.24) is 9.97 Å². The Balaban J connectivity index is 2.24. The summed E-state index contributed by atoms with van der Waals surface area (Å²) >= 11 is 0. The first-order valence-corrected chi connectivity index (χ1v) is 9.75. The summed E-state index contributed by atoms with van der Waals surface area (Å²) in [5.74, 6) is 0.600. The van der Waals surface area contributed by atoms with E-state index < -0.39 is 4.92 Å². The largest absolute Gasteiger partial charge is 0.493 e. The number of hydrazone groups is 1. The molecule has 0 radical (unpaired) electrons. The van der Waals surface area contributed by atoms with Crippen molar-refractivity contribution >= 4 is 17.9 Å². The number of aromatic amines is 1. The molecule has 0 saturated heterocycles. The maximum atomic E-state index is 11.7. The van der Waals surface area contributed by atoms with Crippen LogP contribution in [0.3, 0.4) is 0 Å². The number of rotatable bonds is 11. The Kier molecular flexibility index (Phi) is 8.33. The number of nitrogens with one attached hydrogen (secondary N) is 2. The van der Waals surface area contributed by atoms with Crippen molar-refractivity contribution in [2.45, 2.75) is 46.0 Å². The highest BCUT2D eigenvalue weighted by atomic mass is 16.6.